The first-order valence-corrected chi connectivity index (χ1v) is 8.96. The number of aryl methyl sites for hydroxylation is 1. The molecule has 0 bridgehead atoms. The van der Waals surface area contributed by atoms with Gasteiger partial charge in [0, 0.05) is 30.9 Å². The SMILES string of the molecule is Cc1cccc(NC(=O)N2CC[C@@H]3[C@@H](CCCN3C3CC3)C2)n1. The van der Waals surface area contributed by atoms with Crippen LogP contribution in [0.1, 0.15) is 37.8 Å². The number of carbonyl (C=O) groups is 1. The van der Waals surface area contributed by atoms with Crippen LogP contribution in [0, 0.1) is 12.8 Å². The quantitative estimate of drug-likeness (QED) is 0.913. The molecule has 0 radical (unpaired) electrons. The fourth-order valence-corrected chi connectivity index (χ4v) is 4.29. The summed E-state index contributed by atoms with van der Waals surface area (Å²) in [6.45, 7) is 4.97. The third-order valence-corrected chi connectivity index (χ3v) is 5.54. The summed E-state index contributed by atoms with van der Waals surface area (Å²) in [5, 5.41) is 2.96. The number of likely N-dealkylation sites (tertiary alicyclic amines) is 2. The van der Waals surface area contributed by atoms with E-state index < -0.39 is 0 Å². The maximum atomic E-state index is 12.5. The van der Waals surface area contributed by atoms with E-state index in [0.717, 1.165) is 31.2 Å². The van der Waals surface area contributed by atoms with Gasteiger partial charge in [-0.2, -0.15) is 0 Å². The largest absolute Gasteiger partial charge is 0.324 e. The highest BCUT2D eigenvalue weighted by molar-refractivity contribution is 5.88. The Hall–Kier alpha value is -1.62. The molecule has 124 valence electrons. The molecule has 3 fully saturated rings. The van der Waals surface area contributed by atoms with E-state index in [2.05, 4.69) is 15.2 Å². The average Bonchev–Trinajstić information content (AvgIpc) is 3.38. The number of piperidine rings is 2. The van der Waals surface area contributed by atoms with Gasteiger partial charge in [0.05, 0.1) is 0 Å². The summed E-state index contributed by atoms with van der Waals surface area (Å²) in [6.07, 6.45) is 6.43. The fourth-order valence-electron chi connectivity index (χ4n) is 4.29. The Balaban J connectivity index is 1.38. The molecule has 4 rings (SSSR count). The standard InChI is InChI=1S/C18H26N4O/c1-13-4-2-6-17(19-13)20-18(23)21-11-9-16-14(12-21)5-3-10-22(16)15-7-8-15/h2,4,6,14-16H,3,5,7-12H2,1H3,(H,19,20,23)/t14-,16+/m0/s1. The van der Waals surface area contributed by atoms with Crippen LogP contribution in [0.2, 0.25) is 0 Å². The van der Waals surface area contributed by atoms with E-state index in [0.29, 0.717) is 17.8 Å². The summed E-state index contributed by atoms with van der Waals surface area (Å²) in [7, 11) is 0. The number of nitrogens with zero attached hydrogens (tertiary/aromatic N) is 3. The van der Waals surface area contributed by atoms with Crippen molar-refractivity contribution in [3.63, 3.8) is 0 Å². The molecule has 1 saturated carbocycles. The van der Waals surface area contributed by atoms with E-state index in [9.17, 15) is 4.79 Å². The zero-order valence-corrected chi connectivity index (χ0v) is 13.9. The van der Waals surface area contributed by atoms with Crippen LogP contribution in [-0.2, 0) is 0 Å². The highest BCUT2D eigenvalue weighted by Crippen LogP contribution is 2.38. The van der Waals surface area contributed by atoms with Crippen LogP contribution < -0.4 is 5.32 Å². The van der Waals surface area contributed by atoms with Gasteiger partial charge in [-0.1, -0.05) is 6.07 Å². The fraction of sp³-hybridized carbons (Fsp3) is 0.667. The van der Waals surface area contributed by atoms with E-state index in [1.54, 1.807) is 0 Å². The van der Waals surface area contributed by atoms with Crippen LogP contribution in [0.15, 0.2) is 18.2 Å². The van der Waals surface area contributed by atoms with E-state index >= 15 is 0 Å². The number of anilines is 1. The van der Waals surface area contributed by atoms with Crippen molar-refractivity contribution in [1.82, 2.24) is 14.8 Å². The highest BCUT2D eigenvalue weighted by atomic mass is 16.2. The lowest BCUT2D eigenvalue weighted by atomic mass is 9.84. The van der Waals surface area contributed by atoms with Gasteiger partial charge in [-0.15, -0.1) is 0 Å². The number of carbonyl (C=O) groups excluding carboxylic acids is 1. The molecule has 1 aromatic heterocycles. The van der Waals surface area contributed by atoms with Gasteiger partial charge in [-0.05, 0) is 63.6 Å². The molecule has 0 spiro atoms. The number of hydrogen-bond acceptors (Lipinski definition) is 3. The topological polar surface area (TPSA) is 48.5 Å². The molecule has 0 aromatic carbocycles. The molecule has 0 unspecified atom stereocenters. The molecule has 1 aliphatic carbocycles. The number of amides is 2. The van der Waals surface area contributed by atoms with E-state index in [1.165, 1.54) is 32.2 Å². The van der Waals surface area contributed by atoms with Crippen molar-refractivity contribution in [2.45, 2.75) is 51.1 Å². The molecule has 1 N–H and O–H groups in total. The van der Waals surface area contributed by atoms with Crippen LogP contribution in [0.3, 0.4) is 0 Å². The minimum Gasteiger partial charge on any atom is -0.324 e. The van der Waals surface area contributed by atoms with E-state index in [1.807, 2.05) is 30.0 Å². The first-order valence-electron chi connectivity index (χ1n) is 8.96. The number of hydrogen-bond donors (Lipinski definition) is 1. The van der Waals surface area contributed by atoms with Gasteiger partial charge in [-0.3, -0.25) is 10.2 Å². The number of pyridine rings is 1. The number of aromatic nitrogens is 1. The molecule has 2 amide bonds. The van der Waals surface area contributed by atoms with Gasteiger partial charge in [0.15, 0.2) is 0 Å². The Kier molecular flexibility index (Phi) is 3.97. The van der Waals surface area contributed by atoms with Crippen molar-refractivity contribution in [3.05, 3.63) is 23.9 Å². The smallest absolute Gasteiger partial charge is 0.323 e. The highest BCUT2D eigenvalue weighted by Gasteiger charge is 2.42. The van der Waals surface area contributed by atoms with Crippen molar-refractivity contribution in [2.75, 3.05) is 25.0 Å². The predicted octanol–water partition coefficient (Wildman–Crippen LogP) is 2.87. The number of rotatable bonds is 2. The van der Waals surface area contributed by atoms with E-state index in [-0.39, 0.29) is 6.03 Å². The third kappa shape index (κ3) is 3.20. The van der Waals surface area contributed by atoms with Crippen LogP contribution in [-0.4, -0.2) is 52.5 Å². The van der Waals surface area contributed by atoms with Gasteiger partial charge < -0.3 is 4.90 Å². The zero-order chi connectivity index (χ0) is 15.8. The first-order chi connectivity index (χ1) is 11.2. The normalized spacial score (nSPS) is 28.3. The molecular formula is C18H26N4O. The Morgan fingerprint density at radius 2 is 2.09 bits per heavy atom. The first kappa shape index (κ1) is 14.9. The molecule has 3 aliphatic rings. The summed E-state index contributed by atoms with van der Waals surface area (Å²) >= 11 is 0. The lowest BCUT2D eigenvalue weighted by Gasteiger charge is -2.47. The summed E-state index contributed by atoms with van der Waals surface area (Å²) in [4.78, 5) is 21.6. The number of urea groups is 1. The van der Waals surface area contributed by atoms with Gasteiger partial charge in [0.1, 0.15) is 5.82 Å². The second-order valence-corrected chi connectivity index (χ2v) is 7.27. The molecule has 5 nitrogen and oxygen atoms in total. The van der Waals surface area contributed by atoms with Crippen LogP contribution in [0.25, 0.3) is 0 Å². The molecular weight excluding hydrogens is 288 g/mol. The van der Waals surface area contributed by atoms with Crippen LogP contribution >= 0.6 is 0 Å². The maximum Gasteiger partial charge on any atom is 0.323 e. The minimum atomic E-state index is 0.00472. The lowest BCUT2D eigenvalue weighted by Crippen LogP contribution is -2.56. The van der Waals surface area contributed by atoms with Crippen molar-refractivity contribution in [1.29, 1.82) is 0 Å². The molecule has 2 saturated heterocycles. The Labute approximate surface area is 138 Å². The number of fused-ring (bicyclic) bond motifs is 1. The number of nitrogens with one attached hydrogen (secondary N) is 1. The van der Waals surface area contributed by atoms with Crippen LogP contribution in [0.4, 0.5) is 10.6 Å². The van der Waals surface area contributed by atoms with Gasteiger partial charge >= 0.3 is 6.03 Å². The molecule has 1 aromatic rings. The van der Waals surface area contributed by atoms with Gasteiger partial charge in [-0.25, -0.2) is 9.78 Å². The second kappa shape index (κ2) is 6.11. The summed E-state index contributed by atoms with van der Waals surface area (Å²) < 4.78 is 0. The Morgan fingerprint density at radius 3 is 2.87 bits per heavy atom. The van der Waals surface area contributed by atoms with Crippen molar-refractivity contribution < 1.29 is 4.79 Å². The van der Waals surface area contributed by atoms with Gasteiger partial charge in [0.25, 0.3) is 0 Å². The third-order valence-electron chi connectivity index (χ3n) is 5.54. The van der Waals surface area contributed by atoms with Crippen molar-refractivity contribution in [3.8, 4) is 0 Å². The molecule has 3 heterocycles. The maximum absolute atomic E-state index is 12.5. The molecule has 5 heteroatoms. The summed E-state index contributed by atoms with van der Waals surface area (Å²) in [5.74, 6) is 1.30. The lowest BCUT2D eigenvalue weighted by molar-refractivity contribution is 0.0315. The molecule has 2 aliphatic heterocycles. The van der Waals surface area contributed by atoms with Crippen molar-refractivity contribution >= 4 is 11.8 Å². The average molecular weight is 314 g/mol. The van der Waals surface area contributed by atoms with Gasteiger partial charge in [0.2, 0.25) is 0 Å². The predicted molar refractivity (Wildman–Crippen MR) is 90.4 cm³/mol. The van der Waals surface area contributed by atoms with Crippen molar-refractivity contribution in [2.24, 2.45) is 5.92 Å². The zero-order valence-electron chi connectivity index (χ0n) is 13.9. The van der Waals surface area contributed by atoms with E-state index in [4.69, 9.17) is 0 Å². The minimum absolute atomic E-state index is 0.00472. The molecule has 2 atom stereocenters. The monoisotopic (exact) mass is 314 g/mol. The Bertz CT molecular complexity index is 586. The Morgan fingerprint density at radius 1 is 1.22 bits per heavy atom. The summed E-state index contributed by atoms with van der Waals surface area (Å²) in [6, 6.07) is 7.28. The second-order valence-electron chi connectivity index (χ2n) is 7.27. The molecule has 23 heavy (non-hydrogen) atoms. The van der Waals surface area contributed by atoms with Crippen LogP contribution in [0.5, 0.6) is 0 Å². The summed E-state index contributed by atoms with van der Waals surface area (Å²) in [5.41, 5.74) is 0.925.